The van der Waals surface area contributed by atoms with Gasteiger partial charge in [-0.2, -0.15) is 0 Å². The van der Waals surface area contributed by atoms with Gasteiger partial charge in [0, 0.05) is 22.2 Å². The Balaban J connectivity index is 1.61. The lowest BCUT2D eigenvalue weighted by molar-refractivity contribution is -0.129. The predicted octanol–water partition coefficient (Wildman–Crippen LogP) is 3.91. The zero-order chi connectivity index (χ0) is 19.4. The van der Waals surface area contributed by atoms with Crippen molar-refractivity contribution in [3.63, 3.8) is 0 Å². The summed E-state index contributed by atoms with van der Waals surface area (Å²) < 4.78 is 24.9. The van der Waals surface area contributed by atoms with Gasteiger partial charge in [0.1, 0.15) is 16.4 Å². The molecule has 1 atom stereocenters. The molecular weight excluding hydrogens is 369 g/mol. The molecule has 0 bridgehead atoms. The molecular formula is C20H18FNO4S. The number of nitrogens with one attached hydrogen (secondary N) is 1. The number of amides is 1. The van der Waals surface area contributed by atoms with Crippen molar-refractivity contribution in [1.29, 1.82) is 0 Å². The Hall–Kier alpha value is -2.93. The zero-order valence-electron chi connectivity index (χ0n) is 14.8. The van der Waals surface area contributed by atoms with E-state index in [1.807, 2.05) is 18.2 Å². The van der Waals surface area contributed by atoms with Gasteiger partial charge >= 0.3 is 5.97 Å². The Morgan fingerprint density at radius 3 is 2.70 bits per heavy atom. The number of benzene rings is 2. The third-order valence-corrected chi connectivity index (χ3v) is 5.09. The summed E-state index contributed by atoms with van der Waals surface area (Å²) in [5.41, 5.74) is 0.812. The van der Waals surface area contributed by atoms with Gasteiger partial charge in [-0.3, -0.25) is 4.79 Å². The van der Waals surface area contributed by atoms with E-state index in [9.17, 15) is 14.0 Å². The van der Waals surface area contributed by atoms with Gasteiger partial charge in [-0.1, -0.05) is 24.3 Å². The van der Waals surface area contributed by atoms with Crippen LogP contribution in [-0.4, -0.2) is 25.1 Å². The fourth-order valence-corrected chi connectivity index (χ4v) is 3.53. The van der Waals surface area contributed by atoms with Crippen LogP contribution in [0.3, 0.4) is 0 Å². The molecule has 0 spiro atoms. The average molecular weight is 387 g/mol. The topological polar surface area (TPSA) is 64.6 Å². The molecule has 0 saturated carbocycles. The van der Waals surface area contributed by atoms with Gasteiger partial charge in [-0.05, 0) is 31.2 Å². The summed E-state index contributed by atoms with van der Waals surface area (Å²) in [6.07, 6.45) is -0.984. The SMILES string of the molecule is COc1ccccc1CNC(=O)[C@H](C)OC(=O)c1cc2c(F)cccc2s1. The molecule has 1 heterocycles. The van der Waals surface area contributed by atoms with E-state index in [0.29, 0.717) is 15.8 Å². The Morgan fingerprint density at radius 1 is 1.19 bits per heavy atom. The van der Waals surface area contributed by atoms with Gasteiger partial charge in [0.05, 0.1) is 7.11 Å². The first kappa shape index (κ1) is 18.8. The predicted molar refractivity (Wildman–Crippen MR) is 102 cm³/mol. The fourth-order valence-electron chi connectivity index (χ4n) is 2.57. The number of methoxy groups -OCH3 is 1. The number of hydrogen-bond acceptors (Lipinski definition) is 5. The Bertz CT molecular complexity index is 985. The molecule has 2 aromatic carbocycles. The Morgan fingerprint density at radius 2 is 1.96 bits per heavy atom. The number of esters is 1. The summed E-state index contributed by atoms with van der Waals surface area (Å²) >= 11 is 1.13. The minimum Gasteiger partial charge on any atom is -0.496 e. The van der Waals surface area contributed by atoms with E-state index in [2.05, 4.69) is 5.32 Å². The molecule has 0 aliphatic rings. The van der Waals surface area contributed by atoms with E-state index in [1.54, 1.807) is 25.3 Å². The minimum absolute atomic E-state index is 0.249. The second-order valence-electron chi connectivity index (χ2n) is 5.84. The maximum Gasteiger partial charge on any atom is 0.349 e. The highest BCUT2D eigenvalue weighted by Crippen LogP contribution is 2.28. The monoisotopic (exact) mass is 387 g/mol. The summed E-state index contributed by atoms with van der Waals surface area (Å²) in [5.74, 6) is -0.822. The first-order valence-corrected chi connectivity index (χ1v) is 9.10. The summed E-state index contributed by atoms with van der Waals surface area (Å²) in [6.45, 7) is 1.74. The Kier molecular flexibility index (Phi) is 5.71. The molecule has 0 fully saturated rings. The van der Waals surface area contributed by atoms with Crippen molar-refractivity contribution in [2.45, 2.75) is 19.6 Å². The maximum absolute atomic E-state index is 13.8. The van der Waals surface area contributed by atoms with Crippen molar-refractivity contribution in [2.75, 3.05) is 7.11 Å². The van der Waals surface area contributed by atoms with Crippen molar-refractivity contribution in [1.82, 2.24) is 5.32 Å². The van der Waals surface area contributed by atoms with Crippen LogP contribution in [0.4, 0.5) is 4.39 Å². The number of ether oxygens (including phenoxy) is 2. The Labute approximate surface area is 159 Å². The molecule has 5 nitrogen and oxygen atoms in total. The van der Waals surface area contributed by atoms with Crippen LogP contribution >= 0.6 is 11.3 Å². The molecule has 0 unspecified atom stereocenters. The normalized spacial score (nSPS) is 11.8. The molecule has 1 aromatic heterocycles. The third kappa shape index (κ3) is 4.25. The highest BCUT2D eigenvalue weighted by atomic mass is 32.1. The van der Waals surface area contributed by atoms with Crippen LogP contribution in [0.15, 0.2) is 48.5 Å². The van der Waals surface area contributed by atoms with E-state index < -0.39 is 23.8 Å². The highest BCUT2D eigenvalue weighted by molar-refractivity contribution is 7.20. The van der Waals surface area contributed by atoms with E-state index in [1.165, 1.54) is 19.1 Å². The fraction of sp³-hybridized carbons (Fsp3) is 0.200. The van der Waals surface area contributed by atoms with Crippen LogP contribution in [0.5, 0.6) is 5.75 Å². The van der Waals surface area contributed by atoms with Crippen molar-refractivity contribution in [3.8, 4) is 5.75 Å². The number of carbonyl (C=O) groups excluding carboxylic acids is 2. The molecule has 140 valence electrons. The van der Waals surface area contributed by atoms with Gasteiger partial charge < -0.3 is 14.8 Å². The van der Waals surface area contributed by atoms with E-state index in [0.717, 1.165) is 16.9 Å². The lowest BCUT2D eigenvalue weighted by Crippen LogP contribution is -2.35. The highest BCUT2D eigenvalue weighted by Gasteiger charge is 2.21. The third-order valence-electron chi connectivity index (χ3n) is 4.01. The van der Waals surface area contributed by atoms with Crippen molar-refractivity contribution in [3.05, 3.63) is 64.8 Å². The minimum atomic E-state index is -0.984. The number of para-hydroxylation sites is 1. The van der Waals surface area contributed by atoms with Crippen molar-refractivity contribution < 1.29 is 23.5 Å². The van der Waals surface area contributed by atoms with E-state index in [-0.39, 0.29) is 11.4 Å². The van der Waals surface area contributed by atoms with Gasteiger partial charge in [-0.15, -0.1) is 11.3 Å². The molecule has 7 heteroatoms. The zero-order valence-corrected chi connectivity index (χ0v) is 15.6. The van der Waals surface area contributed by atoms with Crippen molar-refractivity contribution in [2.24, 2.45) is 0 Å². The van der Waals surface area contributed by atoms with Crippen LogP contribution in [0.25, 0.3) is 10.1 Å². The van der Waals surface area contributed by atoms with Gasteiger partial charge in [0.2, 0.25) is 0 Å². The van der Waals surface area contributed by atoms with E-state index >= 15 is 0 Å². The number of fused-ring (bicyclic) bond motifs is 1. The molecule has 27 heavy (non-hydrogen) atoms. The van der Waals surface area contributed by atoms with Crippen LogP contribution in [0, 0.1) is 5.82 Å². The molecule has 1 amide bonds. The summed E-state index contributed by atoms with van der Waals surface area (Å²) in [5, 5.41) is 3.08. The second-order valence-corrected chi connectivity index (χ2v) is 6.92. The summed E-state index contributed by atoms with van der Waals surface area (Å²) in [6, 6.07) is 13.4. The van der Waals surface area contributed by atoms with Gasteiger partial charge in [0.15, 0.2) is 6.10 Å². The molecule has 0 aliphatic heterocycles. The molecule has 0 saturated heterocycles. The van der Waals surface area contributed by atoms with E-state index in [4.69, 9.17) is 9.47 Å². The average Bonchev–Trinajstić information content (AvgIpc) is 3.12. The largest absolute Gasteiger partial charge is 0.496 e. The van der Waals surface area contributed by atoms with Crippen LogP contribution < -0.4 is 10.1 Å². The molecule has 3 rings (SSSR count). The summed E-state index contributed by atoms with van der Waals surface area (Å²) in [4.78, 5) is 24.8. The van der Waals surface area contributed by atoms with Gasteiger partial charge in [0.25, 0.3) is 5.91 Å². The smallest absolute Gasteiger partial charge is 0.349 e. The standard InChI is InChI=1S/C20H18FNO4S/c1-12(19(23)22-11-13-6-3-4-8-16(13)25-2)26-20(24)18-10-14-15(21)7-5-9-17(14)27-18/h3-10,12H,11H2,1-2H3,(H,22,23)/t12-/m0/s1. The van der Waals surface area contributed by atoms with Crippen molar-refractivity contribution >= 4 is 33.3 Å². The number of rotatable bonds is 6. The quantitative estimate of drug-likeness (QED) is 0.652. The number of carbonyl (C=O) groups is 2. The first-order valence-electron chi connectivity index (χ1n) is 8.28. The number of halogens is 1. The summed E-state index contributed by atoms with van der Waals surface area (Å²) in [7, 11) is 1.55. The lowest BCUT2D eigenvalue weighted by Gasteiger charge is -2.14. The molecule has 1 N–H and O–H groups in total. The van der Waals surface area contributed by atoms with Crippen LogP contribution in [-0.2, 0) is 16.1 Å². The second kappa shape index (κ2) is 8.18. The molecule has 0 radical (unpaired) electrons. The maximum atomic E-state index is 13.8. The molecule has 0 aliphatic carbocycles. The van der Waals surface area contributed by atoms with Crippen LogP contribution in [0.2, 0.25) is 0 Å². The van der Waals surface area contributed by atoms with Gasteiger partial charge in [-0.25, -0.2) is 9.18 Å². The van der Waals surface area contributed by atoms with Crippen LogP contribution in [0.1, 0.15) is 22.2 Å². The number of hydrogen-bond donors (Lipinski definition) is 1. The number of thiophene rings is 1. The lowest BCUT2D eigenvalue weighted by atomic mass is 10.2. The molecule has 3 aromatic rings. The first-order chi connectivity index (χ1) is 13.0.